The van der Waals surface area contributed by atoms with Gasteiger partial charge in [-0.25, -0.2) is 4.98 Å². The molecule has 1 aliphatic carbocycles. The lowest BCUT2D eigenvalue weighted by molar-refractivity contribution is 0.0916. The first-order valence-electron chi connectivity index (χ1n) is 7.16. The second-order valence-electron chi connectivity index (χ2n) is 6.52. The number of fused-ring (bicyclic) bond motifs is 1. The van der Waals surface area contributed by atoms with Gasteiger partial charge in [0.15, 0.2) is 10.9 Å². The Hall–Kier alpha value is -1.20. The van der Waals surface area contributed by atoms with Crippen molar-refractivity contribution in [3.63, 3.8) is 0 Å². The number of hydrogen-bond donors (Lipinski definition) is 0. The van der Waals surface area contributed by atoms with E-state index in [1.165, 1.54) is 4.88 Å². The number of thiazole rings is 1. The fraction of sp³-hybridized carbons (Fsp3) is 0.500. The standard InChI is InChI=1S/C16H20N2OS2/c1-10(13-6-5-7-20-13)18(4)15-17-11-8-16(2,3)9-12(19)14(11)21-15/h5-7,10H,8-9H2,1-4H3. The molecule has 0 radical (unpaired) electrons. The highest BCUT2D eigenvalue weighted by Crippen LogP contribution is 2.40. The van der Waals surface area contributed by atoms with Crippen LogP contribution in [0.2, 0.25) is 0 Å². The highest BCUT2D eigenvalue weighted by Gasteiger charge is 2.34. The molecule has 0 aromatic carbocycles. The van der Waals surface area contributed by atoms with Gasteiger partial charge < -0.3 is 4.90 Å². The summed E-state index contributed by atoms with van der Waals surface area (Å²) in [6, 6.07) is 4.50. The molecule has 2 aromatic rings. The molecule has 0 saturated heterocycles. The number of Topliss-reactive ketones (excluding diaryl/α,β-unsaturated/α-hetero) is 1. The van der Waals surface area contributed by atoms with Gasteiger partial charge in [0.25, 0.3) is 0 Å². The van der Waals surface area contributed by atoms with Crippen molar-refractivity contribution in [2.45, 2.75) is 39.7 Å². The summed E-state index contributed by atoms with van der Waals surface area (Å²) in [5.74, 6) is 0.252. The predicted molar refractivity (Wildman–Crippen MR) is 89.7 cm³/mol. The molecular formula is C16H20N2OS2. The number of ketones is 1. The quantitative estimate of drug-likeness (QED) is 0.831. The molecule has 1 unspecified atom stereocenters. The third-order valence-corrected chi connectivity index (χ3v) is 6.33. The predicted octanol–water partition coefficient (Wildman–Crippen LogP) is 4.56. The fourth-order valence-corrected chi connectivity index (χ4v) is 4.63. The van der Waals surface area contributed by atoms with Crippen LogP contribution in [0.5, 0.6) is 0 Å². The molecule has 0 fully saturated rings. The maximum atomic E-state index is 12.3. The third kappa shape index (κ3) is 2.77. The Kier molecular flexibility index (Phi) is 3.66. The van der Waals surface area contributed by atoms with Gasteiger partial charge in [-0.15, -0.1) is 11.3 Å². The van der Waals surface area contributed by atoms with Gasteiger partial charge in [-0.2, -0.15) is 0 Å². The monoisotopic (exact) mass is 320 g/mol. The molecule has 0 saturated carbocycles. The molecule has 21 heavy (non-hydrogen) atoms. The Bertz CT molecular complexity index is 658. The van der Waals surface area contributed by atoms with Crippen molar-refractivity contribution in [3.8, 4) is 0 Å². The molecular weight excluding hydrogens is 300 g/mol. The second-order valence-corrected chi connectivity index (χ2v) is 8.47. The number of hydrogen-bond acceptors (Lipinski definition) is 5. The lowest BCUT2D eigenvalue weighted by Gasteiger charge is -2.26. The fourth-order valence-electron chi connectivity index (χ4n) is 2.74. The van der Waals surface area contributed by atoms with Crippen LogP contribution >= 0.6 is 22.7 Å². The molecule has 2 heterocycles. The second kappa shape index (κ2) is 5.21. The molecule has 5 heteroatoms. The van der Waals surface area contributed by atoms with Gasteiger partial charge in [0.1, 0.15) is 0 Å². The lowest BCUT2D eigenvalue weighted by Crippen LogP contribution is -2.26. The maximum Gasteiger partial charge on any atom is 0.186 e. The zero-order valence-corrected chi connectivity index (χ0v) is 14.5. The molecule has 3 nitrogen and oxygen atoms in total. The van der Waals surface area contributed by atoms with Crippen molar-refractivity contribution in [1.29, 1.82) is 0 Å². The Morgan fingerprint density at radius 2 is 2.14 bits per heavy atom. The summed E-state index contributed by atoms with van der Waals surface area (Å²) in [5, 5.41) is 3.05. The minimum atomic E-state index is 0.0351. The van der Waals surface area contributed by atoms with E-state index < -0.39 is 0 Å². The molecule has 0 aliphatic heterocycles. The maximum absolute atomic E-state index is 12.3. The summed E-state index contributed by atoms with van der Waals surface area (Å²) < 4.78 is 0. The van der Waals surface area contributed by atoms with E-state index in [-0.39, 0.29) is 17.2 Å². The van der Waals surface area contributed by atoms with E-state index in [1.54, 1.807) is 22.7 Å². The molecule has 0 N–H and O–H groups in total. The summed E-state index contributed by atoms with van der Waals surface area (Å²) in [5.41, 5.74) is 1.02. The van der Waals surface area contributed by atoms with E-state index >= 15 is 0 Å². The number of aromatic nitrogens is 1. The smallest absolute Gasteiger partial charge is 0.186 e. The van der Waals surface area contributed by atoms with Gasteiger partial charge in [-0.3, -0.25) is 4.79 Å². The summed E-state index contributed by atoms with van der Waals surface area (Å²) in [7, 11) is 2.06. The SMILES string of the molecule is CC(c1cccs1)N(C)c1nc2c(s1)C(=O)CC(C)(C)C2. The van der Waals surface area contributed by atoms with Gasteiger partial charge in [-0.1, -0.05) is 31.3 Å². The van der Waals surface area contributed by atoms with Crippen LogP contribution in [0.1, 0.15) is 53.5 Å². The van der Waals surface area contributed by atoms with E-state index in [1.807, 2.05) is 0 Å². The summed E-state index contributed by atoms with van der Waals surface area (Å²) in [6.07, 6.45) is 1.53. The molecule has 0 amide bonds. The van der Waals surface area contributed by atoms with Crippen LogP contribution in [-0.2, 0) is 6.42 Å². The van der Waals surface area contributed by atoms with E-state index in [9.17, 15) is 4.79 Å². The summed E-state index contributed by atoms with van der Waals surface area (Å²) in [6.45, 7) is 6.47. The summed E-state index contributed by atoms with van der Waals surface area (Å²) >= 11 is 3.31. The van der Waals surface area contributed by atoms with Crippen LogP contribution < -0.4 is 4.90 Å². The Balaban J connectivity index is 1.90. The van der Waals surface area contributed by atoms with E-state index in [0.717, 1.165) is 22.1 Å². The van der Waals surface area contributed by atoms with Gasteiger partial charge in [0, 0.05) is 18.3 Å². The number of rotatable bonds is 3. The zero-order chi connectivity index (χ0) is 15.2. The number of nitrogens with zero attached hydrogens (tertiary/aromatic N) is 2. The van der Waals surface area contributed by atoms with E-state index in [0.29, 0.717) is 6.42 Å². The van der Waals surface area contributed by atoms with Crippen molar-refractivity contribution in [2.75, 3.05) is 11.9 Å². The van der Waals surface area contributed by atoms with Crippen molar-refractivity contribution in [3.05, 3.63) is 33.0 Å². The van der Waals surface area contributed by atoms with Crippen LogP contribution in [0.25, 0.3) is 0 Å². The first kappa shape index (κ1) is 14.7. The van der Waals surface area contributed by atoms with Gasteiger partial charge in [0.05, 0.1) is 16.6 Å². The van der Waals surface area contributed by atoms with Crippen LogP contribution in [0, 0.1) is 5.41 Å². The van der Waals surface area contributed by atoms with Gasteiger partial charge in [-0.05, 0) is 30.2 Å². The van der Waals surface area contributed by atoms with Crippen LogP contribution in [-0.4, -0.2) is 17.8 Å². The zero-order valence-electron chi connectivity index (χ0n) is 12.8. The highest BCUT2D eigenvalue weighted by atomic mass is 32.1. The van der Waals surface area contributed by atoms with Crippen LogP contribution in [0.3, 0.4) is 0 Å². The Labute approximate surface area is 133 Å². The average Bonchev–Trinajstić information content (AvgIpc) is 3.04. The molecule has 0 bridgehead atoms. The normalized spacial score (nSPS) is 18.4. The van der Waals surface area contributed by atoms with Crippen molar-refractivity contribution in [1.82, 2.24) is 4.98 Å². The molecule has 112 valence electrons. The first-order valence-corrected chi connectivity index (χ1v) is 8.86. The summed E-state index contributed by atoms with van der Waals surface area (Å²) in [4.78, 5) is 21.4. The van der Waals surface area contributed by atoms with Crippen LogP contribution in [0.4, 0.5) is 5.13 Å². The van der Waals surface area contributed by atoms with Gasteiger partial charge in [0.2, 0.25) is 0 Å². The topological polar surface area (TPSA) is 33.2 Å². The molecule has 2 aromatic heterocycles. The van der Waals surface area contributed by atoms with Crippen molar-refractivity contribution >= 4 is 33.6 Å². The lowest BCUT2D eigenvalue weighted by atomic mass is 9.78. The molecule has 1 aliphatic rings. The molecule has 3 rings (SSSR count). The van der Waals surface area contributed by atoms with Crippen molar-refractivity contribution < 1.29 is 4.79 Å². The van der Waals surface area contributed by atoms with E-state index in [2.05, 4.69) is 50.2 Å². The number of carbonyl (C=O) groups excluding carboxylic acids is 1. The third-order valence-electron chi connectivity index (χ3n) is 4.06. The largest absolute Gasteiger partial charge is 0.344 e. The Morgan fingerprint density at radius 1 is 1.38 bits per heavy atom. The molecule has 1 atom stereocenters. The number of carbonyl (C=O) groups is 1. The van der Waals surface area contributed by atoms with Crippen molar-refractivity contribution in [2.24, 2.45) is 5.41 Å². The van der Waals surface area contributed by atoms with E-state index in [4.69, 9.17) is 4.98 Å². The Morgan fingerprint density at radius 3 is 2.81 bits per heavy atom. The highest BCUT2D eigenvalue weighted by molar-refractivity contribution is 7.17. The average molecular weight is 320 g/mol. The molecule has 0 spiro atoms. The minimum Gasteiger partial charge on any atom is -0.344 e. The number of thiophene rings is 1. The number of anilines is 1. The van der Waals surface area contributed by atoms with Crippen LogP contribution in [0.15, 0.2) is 17.5 Å². The minimum absolute atomic E-state index is 0.0351. The van der Waals surface area contributed by atoms with Gasteiger partial charge >= 0.3 is 0 Å². The first-order chi connectivity index (χ1) is 9.87.